The molecule has 4 nitrogen and oxygen atoms in total. The number of rotatable bonds is 5. The molecule has 0 spiro atoms. The molecule has 2 aromatic rings. The predicted octanol–water partition coefficient (Wildman–Crippen LogP) is 3.22. The van der Waals surface area contributed by atoms with Crippen molar-refractivity contribution in [1.82, 2.24) is 0 Å². The van der Waals surface area contributed by atoms with E-state index in [1.807, 2.05) is 42.5 Å². The molecular weight excluding hydrogens is 276 g/mol. The van der Waals surface area contributed by atoms with Crippen LogP contribution >= 0.6 is 11.6 Å². The Bertz CT molecular complexity index is 597. The third kappa shape index (κ3) is 3.42. The molecule has 0 saturated heterocycles. The van der Waals surface area contributed by atoms with Gasteiger partial charge >= 0.3 is 0 Å². The highest BCUT2D eigenvalue weighted by Crippen LogP contribution is 2.30. The molecule has 0 heterocycles. The molecule has 0 aliphatic carbocycles. The molecule has 0 aliphatic heterocycles. The summed E-state index contributed by atoms with van der Waals surface area (Å²) in [7, 11) is 1.59. The summed E-state index contributed by atoms with van der Waals surface area (Å²) in [5.74, 6) is 6.45. The van der Waals surface area contributed by atoms with Gasteiger partial charge in [-0.2, -0.15) is 5.10 Å². The summed E-state index contributed by atoms with van der Waals surface area (Å²) in [6, 6.07) is 13.0. The van der Waals surface area contributed by atoms with Crippen molar-refractivity contribution >= 4 is 17.8 Å². The first-order valence-corrected chi connectivity index (χ1v) is 6.40. The summed E-state index contributed by atoms with van der Waals surface area (Å²) >= 11 is 5.85. The Hall–Kier alpha value is -2.20. The molecule has 2 aromatic carbocycles. The van der Waals surface area contributed by atoms with Crippen LogP contribution in [-0.4, -0.2) is 13.3 Å². The number of hydrogen-bond acceptors (Lipinski definition) is 4. The van der Waals surface area contributed by atoms with E-state index in [0.717, 1.165) is 11.1 Å². The first-order chi connectivity index (χ1) is 9.74. The lowest BCUT2D eigenvalue weighted by molar-refractivity contribution is 0.284. The second-order valence-electron chi connectivity index (χ2n) is 4.07. The van der Waals surface area contributed by atoms with Crippen molar-refractivity contribution in [2.24, 2.45) is 10.9 Å². The van der Waals surface area contributed by atoms with Crippen LogP contribution in [0, 0.1) is 0 Å². The molecule has 0 amide bonds. The van der Waals surface area contributed by atoms with Crippen LogP contribution < -0.4 is 15.3 Å². The molecule has 0 aromatic heterocycles. The number of benzene rings is 2. The molecule has 0 fully saturated rings. The van der Waals surface area contributed by atoms with Crippen LogP contribution in [0.2, 0.25) is 5.02 Å². The zero-order valence-corrected chi connectivity index (χ0v) is 11.8. The van der Waals surface area contributed by atoms with E-state index in [2.05, 4.69) is 5.10 Å². The SMILES string of the molecule is COc1cccc(C=NN)c1OCc1ccc(Cl)cc1. The van der Waals surface area contributed by atoms with Gasteiger partial charge in [0.25, 0.3) is 0 Å². The molecular formula is C15H15ClN2O2. The molecule has 0 unspecified atom stereocenters. The Morgan fingerprint density at radius 3 is 2.60 bits per heavy atom. The van der Waals surface area contributed by atoms with Crippen LogP contribution in [0.5, 0.6) is 11.5 Å². The third-order valence-electron chi connectivity index (χ3n) is 2.74. The number of hydrogen-bond donors (Lipinski definition) is 1. The first kappa shape index (κ1) is 14.2. The zero-order chi connectivity index (χ0) is 14.4. The maximum absolute atomic E-state index is 5.85. The van der Waals surface area contributed by atoms with Gasteiger partial charge < -0.3 is 15.3 Å². The summed E-state index contributed by atoms with van der Waals surface area (Å²) in [5, 5.41) is 4.23. The quantitative estimate of drug-likeness (QED) is 0.522. The van der Waals surface area contributed by atoms with Crippen LogP contribution in [0.1, 0.15) is 11.1 Å². The summed E-state index contributed by atoms with van der Waals surface area (Å²) in [6.07, 6.45) is 1.53. The zero-order valence-electron chi connectivity index (χ0n) is 11.0. The van der Waals surface area contributed by atoms with Gasteiger partial charge in [-0.05, 0) is 29.8 Å². The topological polar surface area (TPSA) is 56.8 Å². The summed E-state index contributed by atoms with van der Waals surface area (Å²) < 4.78 is 11.1. The van der Waals surface area contributed by atoms with Crippen LogP contribution in [0.3, 0.4) is 0 Å². The van der Waals surface area contributed by atoms with Gasteiger partial charge in [0, 0.05) is 10.6 Å². The van der Waals surface area contributed by atoms with Gasteiger partial charge in [0.15, 0.2) is 11.5 Å². The fraction of sp³-hybridized carbons (Fsp3) is 0.133. The molecule has 0 atom stereocenters. The number of methoxy groups -OCH3 is 1. The monoisotopic (exact) mass is 290 g/mol. The molecule has 20 heavy (non-hydrogen) atoms. The minimum atomic E-state index is 0.406. The van der Waals surface area contributed by atoms with Crippen molar-refractivity contribution in [3.8, 4) is 11.5 Å². The van der Waals surface area contributed by atoms with Gasteiger partial charge in [0.1, 0.15) is 6.61 Å². The predicted molar refractivity (Wildman–Crippen MR) is 80.6 cm³/mol. The van der Waals surface area contributed by atoms with Crippen LogP contribution in [-0.2, 0) is 6.61 Å². The molecule has 2 N–H and O–H groups in total. The van der Waals surface area contributed by atoms with Crippen molar-refractivity contribution in [2.75, 3.05) is 7.11 Å². The van der Waals surface area contributed by atoms with Crippen LogP contribution in [0.4, 0.5) is 0 Å². The Labute approximate surface area is 122 Å². The molecule has 2 rings (SSSR count). The number of halogens is 1. The van der Waals surface area contributed by atoms with E-state index in [9.17, 15) is 0 Å². The van der Waals surface area contributed by atoms with Crippen molar-refractivity contribution in [3.63, 3.8) is 0 Å². The number of nitrogens with two attached hydrogens (primary N) is 1. The van der Waals surface area contributed by atoms with E-state index in [0.29, 0.717) is 23.1 Å². The number of nitrogens with zero attached hydrogens (tertiary/aromatic N) is 1. The van der Waals surface area contributed by atoms with Crippen molar-refractivity contribution in [2.45, 2.75) is 6.61 Å². The highest BCUT2D eigenvalue weighted by atomic mass is 35.5. The fourth-order valence-corrected chi connectivity index (χ4v) is 1.89. The van der Waals surface area contributed by atoms with Gasteiger partial charge in [-0.1, -0.05) is 29.8 Å². The van der Waals surface area contributed by atoms with E-state index in [1.165, 1.54) is 6.21 Å². The van der Waals surface area contributed by atoms with Gasteiger partial charge in [-0.25, -0.2) is 0 Å². The molecule has 5 heteroatoms. The van der Waals surface area contributed by atoms with Gasteiger partial charge in [0.05, 0.1) is 13.3 Å². The highest BCUT2D eigenvalue weighted by Gasteiger charge is 2.09. The van der Waals surface area contributed by atoms with Gasteiger partial charge in [0.2, 0.25) is 0 Å². The smallest absolute Gasteiger partial charge is 0.170 e. The normalized spacial score (nSPS) is 10.7. The largest absolute Gasteiger partial charge is 0.493 e. The van der Waals surface area contributed by atoms with Crippen molar-refractivity contribution < 1.29 is 9.47 Å². The van der Waals surface area contributed by atoms with Crippen LogP contribution in [0.25, 0.3) is 0 Å². The maximum atomic E-state index is 5.85. The Morgan fingerprint density at radius 1 is 1.20 bits per heavy atom. The van der Waals surface area contributed by atoms with E-state index in [1.54, 1.807) is 7.11 Å². The molecule has 104 valence electrons. The highest BCUT2D eigenvalue weighted by molar-refractivity contribution is 6.30. The second kappa shape index (κ2) is 6.82. The average molecular weight is 291 g/mol. The molecule has 0 aliphatic rings. The number of ether oxygens (including phenoxy) is 2. The Balaban J connectivity index is 2.21. The summed E-state index contributed by atoms with van der Waals surface area (Å²) in [5.41, 5.74) is 1.77. The first-order valence-electron chi connectivity index (χ1n) is 6.02. The van der Waals surface area contributed by atoms with E-state index < -0.39 is 0 Å². The minimum absolute atomic E-state index is 0.406. The van der Waals surface area contributed by atoms with Crippen molar-refractivity contribution in [3.05, 3.63) is 58.6 Å². The van der Waals surface area contributed by atoms with Gasteiger partial charge in [-0.3, -0.25) is 0 Å². The summed E-state index contributed by atoms with van der Waals surface area (Å²) in [4.78, 5) is 0. The molecule has 0 saturated carbocycles. The molecule has 0 bridgehead atoms. The standard InChI is InChI=1S/C15H15ClN2O2/c1-19-14-4-2-3-12(9-18-17)15(14)20-10-11-5-7-13(16)8-6-11/h2-9H,10,17H2,1H3. The number of para-hydroxylation sites is 1. The average Bonchev–Trinajstić information content (AvgIpc) is 2.47. The van der Waals surface area contributed by atoms with E-state index >= 15 is 0 Å². The lowest BCUT2D eigenvalue weighted by atomic mass is 10.2. The lowest BCUT2D eigenvalue weighted by Gasteiger charge is -2.13. The third-order valence-corrected chi connectivity index (χ3v) is 2.99. The molecule has 0 radical (unpaired) electrons. The maximum Gasteiger partial charge on any atom is 0.170 e. The van der Waals surface area contributed by atoms with Crippen molar-refractivity contribution in [1.29, 1.82) is 0 Å². The van der Waals surface area contributed by atoms with E-state index in [-0.39, 0.29) is 0 Å². The number of hydrazone groups is 1. The Kier molecular flexibility index (Phi) is 4.85. The Morgan fingerprint density at radius 2 is 1.95 bits per heavy atom. The van der Waals surface area contributed by atoms with Gasteiger partial charge in [-0.15, -0.1) is 0 Å². The van der Waals surface area contributed by atoms with E-state index in [4.69, 9.17) is 26.9 Å². The fourth-order valence-electron chi connectivity index (χ4n) is 1.77. The minimum Gasteiger partial charge on any atom is -0.493 e. The second-order valence-corrected chi connectivity index (χ2v) is 4.51. The lowest BCUT2D eigenvalue weighted by Crippen LogP contribution is -2.01. The summed E-state index contributed by atoms with van der Waals surface area (Å²) in [6.45, 7) is 0.406. The van der Waals surface area contributed by atoms with Crippen LogP contribution in [0.15, 0.2) is 47.6 Å².